The van der Waals surface area contributed by atoms with Gasteiger partial charge in [0.25, 0.3) is 0 Å². The van der Waals surface area contributed by atoms with Crippen LogP contribution >= 0.6 is 0 Å². The molecule has 0 aliphatic heterocycles. The topological polar surface area (TPSA) is 84.2 Å². The molecule has 0 fully saturated rings. The quantitative estimate of drug-likeness (QED) is 0.673. The Morgan fingerprint density at radius 2 is 1.83 bits per heavy atom. The monoisotopic (exact) mass is 253 g/mol. The van der Waals surface area contributed by atoms with Crippen molar-refractivity contribution in [2.75, 3.05) is 11.9 Å². The molecule has 0 unspecified atom stereocenters. The summed E-state index contributed by atoms with van der Waals surface area (Å²) in [7, 11) is 0. The van der Waals surface area contributed by atoms with E-state index in [9.17, 15) is 14.0 Å². The van der Waals surface area contributed by atoms with Crippen molar-refractivity contribution in [2.45, 2.75) is 19.3 Å². The standard InChI is InChI=1S/C12H16FN3O2/c13-9-4-6-10(7-5-9)16-11(17)3-1-2-8-15-12(14)18/h4-7H,1-3,8H2,(H,16,17)(H3,14,15,18). The fourth-order valence-corrected chi connectivity index (χ4v) is 1.38. The lowest BCUT2D eigenvalue weighted by Crippen LogP contribution is -2.30. The molecule has 0 aromatic heterocycles. The van der Waals surface area contributed by atoms with Crippen molar-refractivity contribution in [1.82, 2.24) is 5.32 Å². The van der Waals surface area contributed by atoms with E-state index in [0.29, 0.717) is 31.5 Å². The van der Waals surface area contributed by atoms with Gasteiger partial charge in [-0.1, -0.05) is 0 Å². The zero-order valence-corrected chi connectivity index (χ0v) is 9.91. The maximum atomic E-state index is 12.6. The Morgan fingerprint density at radius 3 is 2.44 bits per heavy atom. The Kier molecular flexibility index (Phi) is 5.63. The van der Waals surface area contributed by atoms with Crippen LogP contribution in [0.15, 0.2) is 24.3 Å². The molecule has 6 heteroatoms. The molecule has 1 rings (SSSR count). The van der Waals surface area contributed by atoms with E-state index in [0.717, 1.165) is 0 Å². The molecule has 0 heterocycles. The Hall–Kier alpha value is -2.11. The van der Waals surface area contributed by atoms with Gasteiger partial charge in [-0.05, 0) is 37.1 Å². The predicted octanol–water partition coefficient (Wildman–Crippen LogP) is 1.60. The first-order valence-corrected chi connectivity index (χ1v) is 5.66. The molecule has 0 saturated carbocycles. The molecule has 0 aliphatic rings. The number of primary amides is 1. The molecule has 0 spiro atoms. The van der Waals surface area contributed by atoms with Crippen LogP contribution in [0.4, 0.5) is 14.9 Å². The maximum absolute atomic E-state index is 12.6. The van der Waals surface area contributed by atoms with Gasteiger partial charge in [0, 0.05) is 18.7 Å². The van der Waals surface area contributed by atoms with Crippen LogP contribution in [0, 0.1) is 5.82 Å². The summed E-state index contributed by atoms with van der Waals surface area (Å²) < 4.78 is 12.6. The Bertz CT molecular complexity index is 406. The van der Waals surface area contributed by atoms with Crippen molar-refractivity contribution in [2.24, 2.45) is 5.73 Å². The van der Waals surface area contributed by atoms with Gasteiger partial charge in [-0.25, -0.2) is 9.18 Å². The van der Waals surface area contributed by atoms with E-state index >= 15 is 0 Å². The summed E-state index contributed by atoms with van der Waals surface area (Å²) in [4.78, 5) is 21.8. The number of urea groups is 1. The van der Waals surface area contributed by atoms with E-state index < -0.39 is 6.03 Å². The Balaban J connectivity index is 2.17. The Morgan fingerprint density at radius 1 is 1.17 bits per heavy atom. The van der Waals surface area contributed by atoms with Crippen LogP contribution in [0.2, 0.25) is 0 Å². The van der Waals surface area contributed by atoms with Crippen LogP contribution in [0.3, 0.4) is 0 Å². The average Bonchev–Trinajstić information content (AvgIpc) is 2.31. The second kappa shape index (κ2) is 7.26. The number of hydrogen-bond acceptors (Lipinski definition) is 2. The van der Waals surface area contributed by atoms with Crippen LogP contribution in [0.5, 0.6) is 0 Å². The van der Waals surface area contributed by atoms with Gasteiger partial charge in [0.15, 0.2) is 0 Å². The summed E-state index contributed by atoms with van der Waals surface area (Å²) in [6, 6.07) is 5.01. The molecule has 1 aromatic carbocycles. The van der Waals surface area contributed by atoms with E-state index in [1.807, 2.05) is 0 Å². The van der Waals surface area contributed by atoms with Crippen molar-refractivity contribution in [3.05, 3.63) is 30.1 Å². The number of carbonyl (C=O) groups is 2. The SMILES string of the molecule is NC(=O)NCCCCC(=O)Nc1ccc(F)cc1. The molecular weight excluding hydrogens is 237 g/mol. The van der Waals surface area contributed by atoms with Gasteiger partial charge in [-0.3, -0.25) is 4.79 Å². The number of halogens is 1. The lowest BCUT2D eigenvalue weighted by atomic mass is 10.2. The smallest absolute Gasteiger partial charge is 0.312 e. The molecule has 0 radical (unpaired) electrons. The van der Waals surface area contributed by atoms with Crippen LogP contribution in [-0.4, -0.2) is 18.5 Å². The predicted molar refractivity (Wildman–Crippen MR) is 66.5 cm³/mol. The molecule has 0 bridgehead atoms. The molecule has 5 nitrogen and oxygen atoms in total. The first kappa shape index (κ1) is 14.0. The van der Waals surface area contributed by atoms with Crippen molar-refractivity contribution >= 4 is 17.6 Å². The highest BCUT2D eigenvalue weighted by Gasteiger charge is 2.02. The van der Waals surface area contributed by atoms with Gasteiger partial charge in [0.1, 0.15) is 5.82 Å². The summed E-state index contributed by atoms with van der Waals surface area (Å²) in [5.41, 5.74) is 5.46. The van der Waals surface area contributed by atoms with E-state index in [1.165, 1.54) is 24.3 Å². The van der Waals surface area contributed by atoms with Gasteiger partial charge in [0.2, 0.25) is 5.91 Å². The fourth-order valence-electron chi connectivity index (χ4n) is 1.38. The zero-order valence-electron chi connectivity index (χ0n) is 9.91. The van der Waals surface area contributed by atoms with Gasteiger partial charge in [0.05, 0.1) is 0 Å². The minimum absolute atomic E-state index is 0.138. The second-order valence-corrected chi connectivity index (χ2v) is 3.80. The van der Waals surface area contributed by atoms with Gasteiger partial charge < -0.3 is 16.4 Å². The summed E-state index contributed by atoms with van der Waals surface area (Å²) in [5.74, 6) is -0.480. The maximum Gasteiger partial charge on any atom is 0.312 e. The third kappa shape index (κ3) is 5.83. The highest BCUT2D eigenvalue weighted by atomic mass is 19.1. The number of anilines is 1. The third-order valence-corrected chi connectivity index (χ3v) is 2.26. The van der Waals surface area contributed by atoms with Crippen molar-refractivity contribution < 1.29 is 14.0 Å². The molecule has 18 heavy (non-hydrogen) atoms. The third-order valence-electron chi connectivity index (χ3n) is 2.26. The molecule has 4 N–H and O–H groups in total. The molecule has 0 saturated heterocycles. The lowest BCUT2D eigenvalue weighted by Gasteiger charge is -2.05. The number of unbranched alkanes of at least 4 members (excludes halogenated alkanes) is 1. The second-order valence-electron chi connectivity index (χ2n) is 3.80. The molecule has 0 atom stereocenters. The number of nitrogens with two attached hydrogens (primary N) is 1. The Labute approximate surface area is 105 Å². The zero-order chi connectivity index (χ0) is 13.4. The van der Waals surface area contributed by atoms with E-state index in [2.05, 4.69) is 10.6 Å². The van der Waals surface area contributed by atoms with Gasteiger partial charge in [-0.2, -0.15) is 0 Å². The summed E-state index contributed by atoms with van der Waals surface area (Å²) >= 11 is 0. The number of carbonyl (C=O) groups excluding carboxylic acids is 2. The minimum atomic E-state index is -0.564. The van der Waals surface area contributed by atoms with Gasteiger partial charge >= 0.3 is 6.03 Å². The molecule has 98 valence electrons. The molecular formula is C12H16FN3O2. The highest BCUT2D eigenvalue weighted by Crippen LogP contribution is 2.09. The number of hydrogen-bond donors (Lipinski definition) is 3. The van der Waals surface area contributed by atoms with Crippen molar-refractivity contribution in [3.8, 4) is 0 Å². The van der Waals surface area contributed by atoms with Gasteiger partial charge in [-0.15, -0.1) is 0 Å². The normalized spacial score (nSPS) is 9.83. The largest absolute Gasteiger partial charge is 0.352 e. The highest BCUT2D eigenvalue weighted by molar-refractivity contribution is 5.90. The van der Waals surface area contributed by atoms with Crippen molar-refractivity contribution in [1.29, 1.82) is 0 Å². The summed E-state index contributed by atoms with van der Waals surface area (Å²) in [6.07, 6.45) is 1.67. The van der Waals surface area contributed by atoms with Crippen LogP contribution in [0.1, 0.15) is 19.3 Å². The van der Waals surface area contributed by atoms with E-state index in [4.69, 9.17) is 5.73 Å². The number of amides is 3. The fraction of sp³-hybridized carbons (Fsp3) is 0.333. The number of rotatable bonds is 6. The molecule has 0 aliphatic carbocycles. The number of nitrogens with one attached hydrogen (secondary N) is 2. The molecule has 3 amide bonds. The average molecular weight is 253 g/mol. The van der Waals surface area contributed by atoms with E-state index in [-0.39, 0.29) is 11.7 Å². The summed E-state index contributed by atoms with van der Waals surface area (Å²) in [5, 5.41) is 5.09. The molecule has 1 aromatic rings. The first-order chi connectivity index (χ1) is 8.58. The van der Waals surface area contributed by atoms with Crippen LogP contribution < -0.4 is 16.4 Å². The van der Waals surface area contributed by atoms with E-state index in [1.54, 1.807) is 0 Å². The number of benzene rings is 1. The van der Waals surface area contributed by atoms with Crippen LogP contribution in [-0.2, 0) is 4.79 Å². The van der Waals surface area contributed by atoms with Crippen molar-refractivity contribution in [3.63, 3.8) is 0 Å². The summed E-state index contributed by atoms with van der Waals surface area (Å²) in [6.45, 7) is 0.458. The van der Waals surface area contributed by atoms with Crippen LogP contribution in [0.25, 0.3) is 0 Å². The minimum Gasteiger partial charge on any atom is -0.352 e. The lowest BCUT2D eigenvalue weighted by molar-refractivity contribution is -0.116. The first-order valence-electron chi connectivity index (χ1n) is 5.66.